The first kappa shape index (κ1) is 12.6. The molecule has 2 rings (SSSR count). The number of hydrogen-bond donors (Lipinski definition) is 1. The maximum atomic E-state index is 9.67. The second kappa shape index (κ2) is 4.77. The Morgan fingerprint density at radius 2 is 1.88 bits per heavy atom. The van der Waals surface area contributed by atoms with Crippen LogP contribution in [0.5, 0.6) is 0 Å². The van der Waals surface area contributed by atoms with Crippen LogP contribution in [-0.4, -0.2) is 43.9 Å². The van der Waals surface area contributed by atoms with Gasteiger partial charge in [0.25, 0.3) is 0 Å². The van der Waals surface area contributed by atoms with Gasteiger partial charge in [0.05, 0.1) is 25.2 Å². The predicted molar refractivity (Wildman–Crippen MR) is 67.9 cm³/mol. The molecule has 1 aliphatic heterocycles. The van der Waals surface area contributed by atoms with Gasteiger partial charge in [-0.15, -0.1) is 0 Å². The summed E-state index contributed by atoms with van der Waals surface area (Å²) in [6, 6.07) is 8.75. The van der Waals surface area contributed by atoms with Crippen LogP contribution >= 0.6 is 0 Å². The molecule has 1 heterocycles. The first-order valence-electron chi connectivity index (χ1n) is 6.01. The summed E-state index contributed by atoms with van der Waals surface area (Å²) in [4.78, 5) is 2.17. The van der Waals surface area contributed by atoms with Gasteiger partial charge >= 0.3 is 0 Å². The van der Waals surface area contributed by atoms with E-state index >= 15 is 0 Å². The van der Waals surface area contributed by atoms with Crippen molar-refractivity contribution in [3.8, 4) is 0 Å². The third kappa shape index (κ3) is 2.23. The molecule has 0 radical (unpaired) electrons. The number of hydrogen-bond acceptors (Lipinski definition) is 3. The van der Waals surface area contributed by atoms with Gasteiger partial charge in [-0.05, 0) is 26.6 Å². The molecule has 1 aromatic rings. The molecule has 17 heavy (non-hydrogen) atoms. The summed E-state index contributed by atoms with van der Waals surface area (Å²) in [6.45, 7) is 3.53. The van der Waals surface area contributed by atoms with Crippen molar-refractivity contribution < 1.29 is 9.84 Å². The maximum Gasteiger partial charge on any atom is 0.0598 e. The highest BCUT2D eigenvalue weighted by Crippen LogP contribution is 2.43. The van der Waals surface area contributed by atoms with E-state index in [4.69, 9.17) is 4.74 Å². The van der Waals surface area contributed by atoms with E-state index < -0.39 is 0 Å². The van der Waals surface area contributed by atoms with Crippen LogP contribution in [0.1, 0.15) is 17.2 Å². The Kier molecular flexibility index (Phi) is 3.52. The van der Waals surface area contributed by atoms with Crippen molar-refractivity contribution in [2.24, 2.45) is 5.41 Å². The third-order valence-electron chi connectivity index (χ3n) is 3.58. The molecule has 0 aromatic heterocycles. The maximum absolute atomic E-state index is 9.67. The van der Waals surface area contributed by atoms with Crippen molar-refractivity contribution in [2.45, 2.75) is 13.0 Å². The van der Waals surface area contributed by atoms with E-state index in [0.29, 0.717) is 13.2 Å². The Morgan fingerprint density at radius 3 is 2.24 bits per heavy atom. The lowest BCUT2D eigenvalue weighted by Crippen LogP contribution is -2.53. The van der Waals surface area contributed by atoms with E-state index in [1.807, 2.05) is 0 Å². The number of rotatable bonds is 4. The van der Waals surface area contributed by atoms with Crippen molar-refractivity contribution in [1.82, 2.24) is 4.90 Å². The van der Waals surface area contributed by atoms with Crippen LogP contribution < -0.4 is 0 Å². The van der Waals surface area contributed by atoms with E-state index in [1.165, 1.54) is 11.1 Å². The Bertz CT molecular complexity index is 363. The Balaban J connectivity index is 2.32. The molecular weight excluding hydrogens is 214 g/mol. The van der Waals surface area contributed by atoms with Gasteiger partial charge in [0.2, 0.25) is 0 Å². The predicted octanol–water partition coefficient (Wildman–Crippen LogP) is 1.61. The van der Waals surface area contributed by atoms with Gasteiger partial charge in [0.1, 0.15) is 0 Å². The lowest BCUT2D eigenvalue weighted by atomic mass is 9.75. The van der Waals surface area contributed by atoms with Crippen LogP contribution in [0.25, 0.3) is 0 Å². The van der Waals surface area contributed by atoms with Crippen molar-refractivity contribution in [2.75, 3.05) is 33.9 Å². The highest BCUT2D eigenvalue weighted by molar-refractivity contribution is 5.26. The van der Waals surface area contributed by atoms with Crippen molar-refractivity contribution >= 4 is 0 Å². The number of ether oxygens (including phenoxy) is 1. The average Bonchev–Trinajstić information content (AvgIpc) is 2.24. The minimum absolute atomic E-state index is 0.140. The van der Waals surface area contributed by atoms with Gasteiger partial charge < -0.3 is 14.7 Å². The van der Waals surface area contributed by atoms with Gasteiger partial charge in [-0.3, -0.25) is 0 Å². The minimum atomic E-state index is -0.140. The first-order valence-corrected chi connectivity index (χ1v) is 6.01. The van der Waals surface area contributed by atoms with Gasteiger partial charge in [-0.2, -0.15) is 0 Å². The molecule has 1 N–H and O–H groups in total. The monoisotopic (exact) mass is 235 g/mol. The SMILES string of the molecule is Cc1ccc(C(N(C)C)C2(CO)COC2)cc1. The summed E-state index contributed by atoms with van der Waals surface area (Å²) in [5.74, 6) is 0. The molecule has 1 fully saturated rings. The molecule has 1 saturated heterocycles. The molecule has 0 spiro atoms. The molecule has 1 unspecified atom stereocenters. The molecule has 0 aliphatic carbocycles. The van der Waals surface area contributed by atoms with Crippen LogP contribution in [0.3, 0.4) is 0 Å². The van der Waals surface area contributed by atoms with Gasteiger partial charge in [0.15, 0.2) is 0 Å². The average molecular weight is 235 g/mol. The van der Waals surface area contributed by atoms with Crippen LogP contribution in [0.15, 0.2) is 24.3 Å². The van der Waals surface area contributed by atoms with Crippen molar-refractivity contribution in [3.05, 3.63) is 35.4 Å². The number of aliphatic hydroxyl groups excluding tert-OH is 1. The molecule has 94 valence electrons. The summed E-state index contributed by atoms with van der Waals surface area (Å²) >= 11 is 0. The van der Waals surface area contributed by atoms with Gasteiger partial charge in [0, 0.05) is 6.04 Å². The van der Waals surface area contributed by atoms with Crippen LogP contribution in [0.4, 0.5) is 0 Å². The van der Waals surface area contributed by atoms with E-state index in [2.05, 4.69) is 50.2 Å². The Morgan fingerprint density at radius 1 is 1.29 bits per heavy atom. The summed E-state index contributed by atoms with van der Waals surface area (Å²) in [7, 11) is 4.11. The third-order valence-corrected chi connectivity index (χ3v) is 3.58. The van der Waals surface area contributed by atoms with Crippen molar-refractivity contribution in [3.63, 3.8) is 0 Å². The van der Waals surface area contributed by atoms with Crippen molar-refractivity contribution in [1.29, 1.82) is 0 Å². The van der Waals surface area contributed by atoms with Gasteiger partial charge in [-0.1, -0.05) is 29.8 Å². The lowest BCUT2D eigenvalue weighted by Gasteiger charge is -2.48. The molecule has 0 amide bonds. The second-order valence-electron chi connectivity index (χ2n) is 5.29. The number of benzene rings is 1. The van der Waals surface area contributed by atoms with E-state index in [0.717, 1.165) is 0 Å². The molecule has 3 heteroatoms. The zero-order chi connectivity index (χ0) is 12.5. The van der Waals surface area contributed by atoms with Crippen LogP contribution in [0.2, 0.25) is 0 Å². The summed E-state index contributed by atoms with van der Waals surface area (Å²) in [5.41, 5.74) is 2.37. The topological polar surface area (TPSA) is 32.7 Å². The fraction of sp³-hybridized carbons (Fsp3) is 0.571. The standard InChI is InChI=1S/C14H21NO2/c1-11-4-6-12(7-5-11)13(15(2)3)14(8-16)9-17-10-14/h4-7,13,16H,8-10H2,1-3H3. The second-order valence-corrected chi connectivity index (χ2v) is 5.29. The van der Waals surface area contributed by atoms with Gasteiger partial charge in [-0.25, -0.2) is 0 Å². The Labute approximate surface area is 103 Å². The molecule has 1 atom stereocenters. The quantitative estimate of drug-likeness (QED) is 0.860. The normalized spacial score (nSPS) is 20.1. The molecule has 3 nitrogen and oxygen atoms in total. The molecule has 0 saturated carbocycles. The molecule has 1 aromatic carbocycles. The fourth-order valence-electron chi connectivity index (χ4n) is 2.65. The van der Waals surface area contributed by atoms with Crippen LogP contribution in [-0.2, 0) is 4.74 Å². The molecular formula is C14H21NO2. The summed E-state index contributed by atoms with van der Waals surface area (Å²) in [6.07, 6.45) is 0. The van der Waals surface area contributed by atoms with E-state index in [9.17, 15) is 5.11 Å². The highest BCUT2D eigenvalue weighted by Gasteiger charge is 2.47. The number of nitrogens with zero attached hydrogens (tertiary/aromatic N) is 1. The highest BCUT2D eigenvalue weighted by atomic mass is 16.5. The zero-order valence-corrected chi connectivity index (χ0v) is 10.8. The lowest BCUT2D eigenvalue weighted by molar-refractivity contribution is -0.172. The largest absolute Gasteiger partial charge is 0.396 e. The Hall–Kier alpha value is -0.900. The molecule has 0 bridgehead atoms. The minimum Gasteiger partial charge on any atom is -0.396 e. The van der Waals surface area contributed by atoms with E-state index in [-0.39, 0.29) is 18.1 Å². The first-order chi connectivity index (χ1) is 8.09. The smallest absolute Gasteiger partial charge is 0.0598 e. The van der Waals surface area contributed by atoms with Crippen LogP contribution in [0, 0.1) is 12.3 Å². The number of aryl methyl sites for hydroxylation is 1. The summed E-state index contributed by atoms with van der Waals surface area (Å²) in [5, 5.41) is 9.67. The zero-order valence-electron chi connectivity index (χ0n) is 10.8. The van der Waals surface area contributed by atoms with E-state index in [1.54, 1.807) is 0 Å². The molecule has 1 aliphatic rings. The number of aliphatic hydroxyl groups is 1. The fourth-order valence-corrected chi connectivity index (χ4v) is 2.65. The summed E-state index contributed by atoms with van der Waals surface area (Å²) < 4.78 is 5.32.